The molecule has 144 valence electrons. The Morgan fingerprint density at radius 1 is 1.33 bits per heavy atom. The summed E-state index contributed by atoms with van der Waals surface area (Å²) in [7, 11) is 0. The van der Waals surface area contributed by atoms with Gasteiger partial charge in [-0.2, -0.15) is 5.10 Å². The number of aromatic nitrogens is 2. The van der Waals surface area contributed by atoms with Crippen LogP contribution in [-0.4, -0.2) is 58.4 Å². The molecular formula is C18H21ClN4O4. The monoisotopic (exact) mass is 392 g/mol. The van der Waals surface area contributed by atoms with Crippen molar-refractivity contribution in [1.29, 1.82) is 0 Å². The summed E-state index contributed by atoms with van der Waals surface area (Å²) in [6.45, 7) is 1.15. The molecule has 0 saturated carbocycles. The molecule has 9 heteroatoms. The highest BCUT2D eigenvalue weighted by molar-refractivity contribution is 6.30. The number of benzene rings is 1. The number of carbonyl (C=O) groups is 2. The number of carbonyl (C=O) groups excluding carboxylic acids is 2. The van der Waals surface area contributed by atoms with E-state index >= 15 is 0 Å². The van der Waals surface area contributed by atoms with Crippen LogP contribution in [0.15, 0.2) is 42.7 Å². The zero-order valence-corrected chi connectivity index (χ0v) is 15.5. The lowest BCUT2D eigenvalue weighted by molar-refractivity contribution is -0.162. The number of morpholine rings is 1. The molecular weight excluding hydrogens is 372 g/mol. The maximum absolute atomic E-state index is 12.6. The smallest absolute Gasteiger partial charge is 0.244 e. The van der Waals surface area contributed by atoms with E-state index in [0.717, 1.165) is 0 Å². The van der Waals surface area contributed by atoms with E-state index in [1.807, 2.05) is 0 Å². The van der Waals surface area contributed by atoms with Gasteiger partial charge in [0, 0.05) is 24.0 Å². The highest BCUT2D eigenvalue weighted by Gasteiger charge is 2.40. The highest BCUT2D eigenvalue weighted by Crippen LogP contribution is 2.25. The third-order valence-corrected chi connectivity index (χ3v) is 4.52. The first kappa shape index (κ1) is 19.2. The van der Waals surface area contributed by atoms with Gasteiger partial charge in [-0.3, -0.25) is 14.3 Å². The molecule has 0 aliphatic carbocycles. The van der Waals surface area contributed by atoms with Gasteiger partial charge in [-0.15, -0.1) is 0 Å². The van der Waals surface area contributed by atoms with Gasteiger partial charge in [0.1, 0.15) is 24.5 Å². The molecule has 0 unspecified atom stereocenters. The highest BCUT2D eigenvalue weighted by atomic mass is 35.5. The normalized spacial score (nSPS) is 19.7. The molecule has 1 aliphatic heterocycles. The molecule has 27 heavy (non-hydrogen) atoms. The number of amides is 2. The molecule has 2 amide bonds. The summed E-state index contributed by atoms with van der Waals surface area (Å²) in [5.74, 6) is -0.0368. The Kier molecular flexibility index (Phi) is 5.98. The molecule has 0 spiro atoms. The number of nitrogens with zero attached hydrogens (tertiary/aromatic N) is 3. The van der Waals surface area contributed by atoms with Crippen molar-refractivity contribution in [3.05, 3.63) is 47.7 Å². The molecule has 0 bridgehead atoms. The zero-order chi connectivity index (χ0) is 19.3. The van der Waals surface area contributed by atoms with Crippen LogP contribution in [0.25, 0.3) is 0 Å². The number of rotatable bonds is 7. The first-order chi connectivity index (χ1) is 13.0. The molecule has 1 aliphatic rings. The minimum Gasteiger partial charge on any atom is -0.490 e. The predicted octanol–water partition coefficient (Wildman–Crippen LogP) is 1.09. The lowest BCUT2D eigenvalue weighted by atomic mass is 9.97. The summed E-state index contributed by atoms with van der Waals surface area (Å²) in [6, 6.07) is 8.62. The van der Waals surface area contributed by atoms with Crippen molar-refractivity contribution in [2.24, 2.45) is 5.73 Å². The molecule has 2 aromatic rings. The molecule has 1 saturated heterocycles. The summed E-state index contributed by atoms with van der Waals surface area (Å²) in [4.78, 5) is 25.9. The van der Waals surface area contributed by atoms with Crippen LogP contribution in [0.2, 0.25) is 5.02 Å². The van der Waals surface area contributed by atoms with Gasteiger partial charge in [0.2, 0.25) is 11.8 Å². The van der Waals surface area contributed by atoms with Crippen LogP contribution in [0.3, 0.4) is 0 Å². The molecule has 1 aromatic carbocycles. The van der Waals surface area contributed by atoms with Crippen LogP contribution >= 0.6 is 11.6 Å². The van der Waals surface area contributed by atoms with E-state index in [1.165, 1.54) is 0 Å². The number of hydrogen-bond acceptors (Lipinski definition) is 5. The second-order valence-corrected chi connectivity index (χ2v) is 6.87. The van der Waals surface area contributed by atoms with Gasteiger partial charge in [-0.1, -0.05) is 11.6 Å². The van der Waals surface area contributed by atoms with E-state index in [0.29, 0.717) is 23.9 Å². The van der Waals surface area contributed by atoms with Crippen molar-refractivity contribution in [2.45, 2.75) is 18.6 Å². The van der Waals surface area contributed by atoms with Crippen molar-refractivity contribution in [1.82, 2.24) is 14.7 Å². The third kappa shape index (κ3) is 5.21. The van der Waals surface area contributed by atoms with Crippen molar-refractivity contribution < 1.29 is 19.1 Å². The minimum absolute atomic E-state index is 0.0495. The van der Waals surface area contributed by atoms with Gasteiger partial charge in [0.15, 0.2) is 0 Å². The van der Waals surface area contributed by atoms with Crippen LogP contribution in [0.4, 0.5) is 0 Å². The molecule has 0 radical (unpaired) electrons. The molecule has 1 fully saturated rings. The summed E-state index contributed by atoms with van der Waals surface area (Å²) in [6.07, 6.45) is 3.29. The second kappa shape index (κ2) is 8.41. The standard InChI is InChI=1S/C18H21ClN4O4/c19-14-2-4-15(5-3-14)26-13-18(10-16(20)24)12-22(8-9-27-18)17(25)11-23-7-1-6-21-23/h1-7H,8-13H2,(H2,20,24)/t18-/m0/s1. The van der Waals surface area contributed by atoms with Crippen LogP contribution in [0.5, 0.6) is 5.75 Å². The molecule has 2 heterocycles. The summed E-state index contributed by atoms with van der Waals surface area (Å²) < 4.78 is 13.2. The summed E-state index contributed by atoms with van der Waals surface area (Å²) >= 11 is 5.88. The van der Waals surface area contributed by atoms with Gasteiger partial charge in [0.05, 0.1) is 19.6 Å². The fourth-order valence-electron chi connectivity index (χ4n) is 3.00. The maximum Gasteiger partial charge on any atom is 0.244 e. The largest absolute Gasteiger partial charge is 0.490 e. The number of primary amides is 1. The van der Waals surface area contributed by atoms with E-state index in [2.05, 4.69) is 5.10 Å². The minimum atomic E-state index is -0.997. The van der Waals surface area contributed by atoms with E-state index in [1.54, 1.807) is 52.3 Å². The first-order valence-electron chi connectivity index (χ1n) is 8.52. The lowest BCUT2D eigenvalue weighted by Crippen LogP contribution is -2.58. The Labute approximate surface area is 161 Å². The Morgan fingerprint density at radius 3 is 2.78 bits per heavy atom. The third-order valence-electron chi connectivity index (χ3n) is 4.27. The zero-order valence-electron chi connectivity index (χ0n) is 14.7. The lowest BCUT2D eigenvalue weighted by Gasteiger charge is -2.41. The number of nitrogens with two attached hydrogens (primary N) is 1. The topological polar surface area (TPSA) is 99.7 Å². The Morgan fingerprint density at radius 2 is 2.11 bits per heavy atom. The Balaban J connectivity index is 1.69. The van der Waals surface area contributed by atoms with Gasteiger partial charge in [-0.25, -0.2) is 0 Å². The Bertz CT molecular complexity index is 781. The number of hydrogen-bond donors (Lipinski definition) is 1. The number of ether oxygens (including phenoxy) is 2. The maximum atomic E-state index is 12.6. The summed E-state index contributed by atoms with van der Waals surface area (Å²) in [5, 5.41) is 4.64. The SMILES string of the molecule is NC(=O)C[C@@]1(COc2ccc(Cl)cc2)CN(C(=O)Cn2cccn2)CCO1. The first-order valence-corrected chi connectivity index (χ1v) is 8.89. The van der Waals surface area contributed by atoms with Crippen molar-refractivity contribution in [3.63, 3.8) is 0 Å². The fraction of sp³-hybridized carbons (Fsp3) is 0.389. The number of halogens is 1. The average molecular weight is 393 g/mol. The fourth-order valence-corrected chi connectivity index (χ4v) is 3.12. The van der Waals surface area contributed by atoms with E-state index in [9.17, 15) is 9.59 Å². The van der Waals surface area contributed by atoms with Gasteiger partial charge in [0.25, 0.3) is 0 Å². The van der Waals surface area contributed by atoms with E-state index in [4.69, 9.17) is 26.8 Å². The van der Waals surface area contributed by atoms with Crippen molar-refractivity contribution in [3.8, 4) is 5.75 Å². The summed E-state index contributed by atoms with van der Waals surface area (Å²) in [5.41, 5.74) is 4.42. The quantitative estimate of drug-likeness (QED) is 0.760. The van der Waals surface area contributed by atoms with Gasteiger partial charge in [-0.05, 0) is 30.3 Å². The Hall–Kier alpha value is -2.58. The van der Waals surface area contributed by atoms with Crippen molar-refractivity contribution in [2.75, 3.05) is 26.3 Å². The van der Waals surface area contributed by atoms with E-state index < -0.39 is 11.5 Å². The molecule has 1 aromatic heterocycles. The van der Waals surface area contributed by atoms with Gasteiger partial charge < -0.3 is 20.1 Å². The van der Waals surface area contributed by atoms with Crippen molar-refractivity contribution >= 4 is 23.4 Å². The average Bonchev–Trinajstić information content (AvgIpc) is 3.14. The second-order valence-electron chi connectivity index (χ2n) is 6.44. The molecule has 3 rings (SSSR count). The van der Waals surface area contributed by atoms with Crippen LogP contribution in [-0.2, 0) is 20.9 Å². The predicted molar refractivity (Wildman–Crippen MR) is 98.2 cm³/mol. The van der Waals surface area contributed by atoms with Crippen LogP contribution in [0.1, 0.15) is 6.42 Å². The molecule has 8 nitrogen and oxygen atoms in total. The van der Waals surface area contributed by atoms with Gasteiger partial charge >= 0.3 is 0 Å². The van der Waals surface area contributed by atoms with Crippen LogP contribution < -0.4 is 10.5 Å². The van der Waals surface area contributed by atoms with E-state index in [-0.39, 0.29) is 32.0 Å². The van der Waals surface area contributed by atoms with Crippen LogP contribution in [0, 0.1) is 0 Å². The molecule has 1 atom stereocenters. The molecule has 2 N–H and O–H groups in total.